The molecule has 2 rings (SSSR count). The van der Waals surface area contributed by atoms with Crippen molar-refractivity contribution in [2.24, 2.45) is 0 Å². The number of nitrogens with zero attached hydrogens (tertiary/aromatic N) is 2. The maximum Gasteiger partial charge on any atom is 0.244 e. The second-order valence-corrected chi connectivity index (χ2v) is 7.18. The second kappa shape index (κ2) is 6.26. The number of hydrogen-bond acceptors (Lipinski definition) is 3. The summed E-state index contributed by atoms with van der Waals surface area (Å²) < 4.78 is 26.0. The van der Waals surface area contributed by atoms with Gasteiger partial charge >= 0.3 is 0 Å². The van der Waals surface area contributed by atoms with Gasteiger partial charge in [-0.05, 0) is 32.0 Å². The highest BCUT2D eigenvalue weighted by molar-refractivity contribution is 7.89. The molecule has 0 radical (unpaired) electrons. The Hall–Kier alpha value is -0.560. The predicted molar refractivity (Wildman–Crippen MR) is 75.8 cm³/mol. The minimum absolute atomic E-state index is 0.284. The Morgan fingerprint density at radius 1 is 1.42 bits per heavy atom. The zero-order chi connectivity index (χ0) is 13.9. The van der Waals surface area contributed by atoms with Crippen LogP contribution in [0.4, 0.5) is 0 Å². The SMILES string of the molecule is CN(CCN1CCCC1)S(=O)(=O)c1c[nH]c(CCl)c1. The molecule has 0 saturated carbocycles. The lowest BCUT2D eigenvalue weighted by atomic mass is 10.4. The molecule has 5 nitrogen and oxygen atoms in total. The van der Waals surface area contributed by atoms with E-state index in [4.69, 9.17) is 11.6 Å². The minimum Gasteiger partial charge on any atom is -0.363 e. The molecule has 0 aromatic carbocycles. The molecule has 2 heterocycles. The number of hydrogen-bond donors (Lipinski definition) is 1. The van der Waals surface area contributed by atoms with E-state index in [9.17, 15) is 8.42 Å². The zero-order valence-corrected chi connectivity index (χ0v) is 12.7. The molecule has 108 valence electrons. The fourth-order valence-electron chi connectivity index (χ4n) is 2.23. The second-order valence-electron chi connectivity index (χ2n) is 4.87. The summed E-state index contributed by atoms with van der Waals surface area (Å²) in [6.07, 6.45) is 3.93. The molecule has 1 aliphatic heterocycles. The molecule has 1 N–H and O–H groups in total. The normalized spacial score (nSPS) is 17.4. The van der Waals surface area contributed by atoms with Crippen molar-refractivity contribution >= 4 is 21.6 Å². The van der Waals surface area contributed by atoms with Gasteiger partial charge in [-0.1, -0.05) is 0 Å². The van der Waals surface area contributed by atoms with Crippen molar-refractivity contribution < 1.29 is 8.42 Å². The topological polar surface area (TPSA) is 56.4 Å². The molecule has 0 spiro atoms. The van der Waals surface area contributed by atoms with Gasteiger partial charge in [-0.2, -0.15) is 4.31 Å². The highest BCUT2D eigenvalue weighted by Gasteiger charge is 2.23. The quantitative estimate of drug-likeness (QED) is 0.810. The monoisotopic (exact) mass is 305 g/mol. The van der Waals surface area contributed by atoms with Crippen LogP contribution >= 0.6 is 11.6 Å². The molecule has 1 aromatic rings. The van der Waals surface area contributed by atoms with Gasteiger partial charge in [0.1, 0.15) is 0 Å². The number of sulfonamides is 1. The summed E-state index contributed by atoms with van der Waals surface area (Å²) in [6.45, 7) is 3.47. The lowest BCUT2D eigenvalue weighted by Gasteiger charge is -2.20. The van der Waals surface area contributed by atoms with Crippen LogP contribution in [0.3, 0.4) is 0 Å². The van der Waals surface area contributed by atoms with Crippen molar-refractivity contribution in [3.63, 3.8) is 0 Å². The van der Waals surface area contributed by atoms with Crippen molar-refractivity contribution in [3.8, 4) is 0 Å². The van der Waals surface area contributed by atoms with Gasteiger partial charge in [-0.15, -0.1) is 11.6 Å². The zero-order valence-electron chi connectivity index (χ0n) is 11.1. The Labute approximate surface area is 119 Å². The van der Waals surface area contributed by atoms with E-state index >= 15 is 0 Å². The van der Waals surface area contributed by atoms with Crippen molar-refractivity contribution in [1.29, 1.82) is 0 Å². The lowest BCUT2D eigenvalue weighted by molar-refractivity contribution is 0.310. The maximum atomic E-state index is 12.3. The number of aromatic amines is 1. The van der Waals surface area contributed by atoms with E-state index in [0.29, 0.717) is 12.2 Å². The van der Waals surface area contributed by atoms with Gasteiger partial charge in [-0.3, -0.25) is 0 Å². The molecular weight excluding hydrogens is 286 g/mol. The first-order valence-electron chi connectivity index (χ1n) is 6.46. The van der Waals surface area contributed by atoms with Gasteiger partial charge in [0.15, 0.2) is 0 Å². The molecule has 0 bridgehead atoms. The molecule has 0 aliphatic carbocycles. The van der Waals surface area contributed by atoms with Gasteiger partial charge in [0.05, 0.1) is 10.8 Å². The van der Waals surface area contributed by atoms with Crippen molar-refractivity contribution in [3.05, 3.63) is 18.0 Å². The average molecular weight is 306 g/mol. The standard InChI is InChI=1S/C12H20ClN3O2S/c1-15(6-7-16-4-2-3-5-16)19(17,18)12-8-11(9-13)14-10-12/h8,10,14H,2-7,9H2,1H3. The van der Waals surface area contributed by atoms with Crippen LogP contribution in [0.5, 0.6) is 0 Å². The Bertz CT molecular complexity index is 509. The summed E-state index contributed by atoms with van der Waals surface area (Å²) in [4.78, 5) is 5.45. The van der Waals surface area contributed by atoms with E-state index in [-0.39, 0.29) is 10.8 Å². The number of rotatable bonds is 6. The summed E-state index contributed by atoms with van der Waals surface area (Å²) >= 11 is 5.67. The Kier molecular flexibility index (Phi) is 4.89. The van der Waals surface area contributed by atoms with Crippen LogP contribution in [0.2, 0.25) is 0 Å². The van der Waals surface area contributed by atoms with Crippen LogP contribution in [0.15, 0.2) is 17.2 Å². The van der Waals surface area contributed by atoms with E-state index < -0.39 is 10.0 Å². The predicted octanol–water partition coefficient (Wildman–Crippen LogP) is 1.47. The number of halogens is 1. The minimum atomic E-state index is -3.40. The summed E-state index contributed by atoms with van der Waals surface area (Å²) in [5, 5.41) is 0. The number of H-pyrrole nitrogens is 1. The van der Waals surface area contributed by atoms with Gasteiger partial charge in [0, 0.05) is 32.0 Å². The Morgan fingerprint density at radius 2 is 2.11 bits per heavy atom. The number of likely N-dealkylation sites (N-methyl/N-ethyl adjacent to an activating group) is 1. The first kappa shape index (κ1) is 14.8. The van der Waals surface area contributed by atoms with E-state index in [1.54, 1.807) is 13.1 Å². The molecule has 0 unspecified atom stereocenters. The molecule has 19 heavy (non-hydrogen) atoms. The first-order chi connectivity index (χ1) is 9.04. The fraction of sp³-hybridized carbons (Fsp3) is 0.667. The summed E-state index contributed by atoms with van der Waals surface area (Å²) in [5.74, 6) is 0.285. The molecule has 0 amide bonds. The highest BCUT2D eigenvalue weighted by Crippen LogP contribution is 2.17. The van der Waals surface area contributed by atoms with Crippen LogP contribution in [0, 0.1) is 0 Å². The summed E-state index contributed by atoms with van der Waals surface area (Å²) in [6, 6.07) is 1.59. The van der Waals surface area contributed by atoms with Crippen LogP contribution in [0.25, 0.3) is 0 Å². The maximum absolute atomic E-state index is 12.3. The lowest BCUT2D eigenvalue weighted by Crippen LogP contribution is -2.35. The number of likely N-dealkylation sites (tertiary alicyclic amines) is 1. The molecule has 0 atom stereocenters. The van der Waals surface area contributed by atoms with Crippen molar-refractivity contribution in [1.82, 2.24) is 14.2 Å². The number of aromatic nitrogens is 1. The highest BCUT2D eigenvalue weighted by atomic mass is 35.5. The van der Waals surface area contributed by atoms with Gasteiger partial charge in [-0.25, -0.2) is 8.42 Å². The molecular formula is C12H20ClN3O2S. The van der Waals surface area contributed by atoms with Gasteiger partial charge < -0.3 is 9.88 Å². The van der Waals surface area contributed by atoms with E-state index in [1.807, 2.05) is 0 Å². The van der Waals surface area contributed by atoms with Crippen LogP contribution in [0.1, 0.15) is 18.5 Å². The molecule has 1 saturated heterocycles. The third-order valence-electron chi connectivity index (χ3n) is 3.50. The van der Waals surface area contributed by atoms with Crippen LogP contribution in [-0.4, -0.2) is 55.8 Å². The van der Waals surface area contributed by atoms with Crippen molar-refractivity contribution in [2.75, 3.05) is 33.2 Å². The Morgan fingerprint density at radius 3 is 2.68 bits per heavy atom. The van der Waals surface area contributed by atoms with Gasteiger partial charge in [0.2, 0.25) is 10.0 Å². The van der Waals surface area contributed by atoms with Gasteiger partial charge in [0.25, 0.3) is 0 Å². The molecule has 1 fully saturated rings. The third-order valence-corrected chi connectivity index (χ3v) is 5.62. The summed E-state index contributed by atoms with van der Waals surface area (Å²) in [7, 11) is -1.78. The van der Waals surface area contributed by atoms with E-state index in [1.165, 1.54) is 23.3 Å². The fourth-order valence-corrected chi connectivity index (χ4v) is 3.57. The van der Waals surface area contributed by atoms with E-state index in [2.05, 4.69) is 9.88 Å². The first-order valence-corrected chi connectivity index (χ1v) is 8.43. The third kappa shape index (κ3) is 3.51. The number of alkyl halides is 1. The van der Waals surface area contributed by atoms with Crippen LogP contribution in [-0.2, 0) is 15.9 Å². The number of nitrogens with one attached hydrogen (secondary N) is 1. The van der Waals surface area contributed by atoms with Crippen molar-refractivity contribution in [2.45, 2.75) is 23.6 Å². The van der Waals surface area contributed by atoms with Crippen LogP contribution < -0.4 is 0 Å². The smallest absolute Gasteiger partial charge is 0.244 e. The average Bonchev–Trinajstić information content (AvgIpc) is 3.06. The molecule has 7 heteroatoms. The Balaban J connectivity index is 1.97. The molecule has 1 aromatic heterocycles. The largest absolute Gasteiger partial charge is 0.363 e. The van der Waals surface area contributed by atoms with E-state index in [0.717, 1.165) is 19.6 Å². The summed E-state index contributed by atoms with van der Waals surface area (Å²) in [5.41, 5.74) is 0.716. The molecule has 1 aliphatic rings.